The number of aromatic nitrogens is 2. The van der Waals surface area contributed by atoms with Crippen LogP contribution in [0.5, 0.6) is 5.75 Å². The molecule has 0 radical (unpaired) electrons. The zero-order chi connectivity index (χ0) is 18.8. The molecule has 1 aromatic carbocycles. The summed E-state index contributed by atoms with van der Waals surface area (Å²) in [6, 6.07) is 6.03. The molecule has 1 aliphatic heterocycles. The Morgan fingerprint density at radius 2 is 2.26 bits per heavy atom. The zero-order valence-electron chi connectivity index (χ0n) is 15.0. The van der Waals surface area contributed by atoms with E-state index in [2.05, 4.69) is 25.9 Å². The standard InChI is InChI=1S/C18H22N6O3/c1-26-12-7-20-14-6-11(4-5-15(14)27-9-12)23-18-21-8-13(16(19)25)17(24-18)22-10-2-3-10/h4-6,8,10,12,20H,2-3,7,9H2,1H3,(H2,19,25)(H2,21,22,23,24)/t12-/m1/s1. The van der Waals surface area contributed by atoms with Crippen LogP contribution in [0.3, 0.4) is 0 Å². The van der Waals surface area contributed by atoms with Gasteiger partial charge in [-0.05, 0) is 31.0 Å². The molecule has 1 saturated carbocycles. The number of nitrogens with one attached hydrogen (secondary N) is 3. The number of carbonyl (C=O) groups is 1. The number of nitrogens with zero attached hydrogens (tertiary/aromatic N) is 2. The molecule has 0 unspecified atom stereocenters. The molecule has 27 heavy (non-hydrogen) atoms. The SMILES string of the molecule is CO[C@@H]1CNc2cc(Nc3ncc(C(N)=O)c(NC4CC4)n3)ccc2OC1. The fourth-order valence-electron chi connectivity index (χ4n) is 2.77. The number of hydrogen-bond donors (Lipinski definition) is 4. The van der Waals surface area contributed by atoms with E-state index >= 15 is 0 Å². The van der Waals surface area contributed by atoms with Gasteiger partial charge in [-0.1, -0.05) is 0 Å². The first-order valence-corrected chi connectivity index (χ1v) is 8.86. The average Bonchev–Trinajstić information content (AvgIpc) is 3.48. The van der Waals surface area contributed by atoms with Crippen LogP contribution in [0.1, 0.15) is 23.2 Å². The normalized spacial score (nSPS) is 18.5. The van der Waals surface area contributed by atoms with Gasteiger partial charge in [0.1, 0.15) is 24.3 Å². The van der Waals surface area contributed by atoms with Crippen LogP contribution in [0.2, 0.25) is 0 Å². The lowest BCUT2D eigenvalue weighted by atomic mass is 10.2. The summed E-state index contributed by atoms with van der Waals surface area (Å²) in [7, 11) is 1.67. The van der Waals surface area contributed by atoms with Crippen molar-refractivity contribution in [1.82, 2.24) is 9.97 Å². The number of amides is 1. The molecule has 9 nitrogen and oxygen atoms in total. The topological polar surface area (TPSA) is 123 Å². The van der Waals surface area contributed by atoms with Gasteiger partial charge in [-0.3, -0.25) is 4.79 Å². The van der Waals surface area contributed by atoms with Crippen molar-refractivity contribution >= 4 is 29.0 Å². The number of hydrogen-bond acceptors (Lipinski definition) is 8. The van der Waals surface area contributed by atoms with Crippen LogP contribution < -0.4 is 26.4 Å². The highest BCUT2D eigenvalue weighted by Gasteiger charge is 2.24. The third-order valence-corrected chi connectivity index (χ3v) is 4.49. The summed E-state index contributed by atoms with van der Waals surface area (Å²) in [5.41, 5.74) is 7.36. The molecular formula is C18H22N6O3. The predicted octanol–water partition coefficient (Wildman–Crippen LogP) is 1.71. The number of fused-ring (bicyclic) bond motifs is 1. The van der Waals surface area contributed by atoms with Crippen LogP contribution in [0.4, 0.5) is 23.1 Å². The molecule has 0 saturated heterocycles. The molecule has 9 heteroatoms. The van der Waals surface area contributed by atoms with Gasteiger partial charge in [-0.2, -0.15) is 4.98 Å². The predicted molar refractivity (Wildman–Crippen MR) is 102 cm³/mol. The fourth-order valence-corrected chi connectivity index (χ4v) is 2.77. The van der Waals surface area contributed by atoms with Gasteiger partial charge in [0.2, 0.25) is 5.95 Å². The van der Waals surface area contributed by atoms with E-state index in [-0.39, 0.29) is 11.7 Å². The summed E-state index contributed by atoms with van der Waals surface area (Å²) in [6.07, 6.45) is 3.55. The van der Waals surface area contributed by atoms with Crippen LogP contribution in [0.15, 0.2) is 24.4 Å². The highest BCUT2D eigenvalue weighted by atomic mass is 16.5. The molecule has 5 N–H and O–H groups in total. The van der Waals surface area contributed by atoms with Crippen molar-refractivity contribution in [3.05, 3.63) is 30.0 Å². The highest BCUT2D eigenvalue weighted by Crippen LogP contribution is 2.31. The molecular weight excluding hydrogens is 348 g/mol. The first-order chi connectivity index (χ1) is 13.1. The lowest BCUT2D eigenvalue weighted by Crippen LogP contribution is -2.25. The van der Waals surface area contributed by atoms with Gasteiger partial charge in [0.25, 0.3) is 5.91 Å². The minimum atomic E-state index is -0.552. The highest BCUT2D eigenvalue weighted by molar-refractivity contribution is 5.97. The lowest BCUT2D eigenvalue weighted by Gasteiger charge is -2.13. The molecule has 1 aliphatic carbocycles. The minimum absolute atomic E-state index is 0.00505. The number of primary amides is 1. The number of rotatable bonds is 6. The van der Waals surface area contributed by atoms with Crippen molar-refractivity contribution in [2.45, 2.75) is 25.0 Å². The minimum Gasteiger partial charge on any atom is -0.489 e. The van der Waals surface area contributed by atoms with Crippen molar-refractivity contribution < 1.29 is 14.3 Å². The van der Waals surface area contributed by atoms with Gasteiger partial charge in [-0.25, -0.2) is 4.98 Å². The first-order valence-electron chi connectivity index (χ1n) is 8.86. The van der Waals surface area contributed by atoms with Crippen LogP contribution in [-0.2, 0) is 4.74 Å². The summed E-state index contributed by atoms with van der Waals surface area (Å²) in [5, 5.41) is 9.70. The molecule has 1 amide bonds. The molecule has 142 valence electrons. The molecule has 1 fully saturated rings. The summed E-state index contributed by atoms with van der Waals surface area (Å²) in [4.78, 5) is 20.2. The summed E-state index contributed by atoms with van der Waals surface area (Å²) >= 11 is 0. The zero-order valence-corrected chi connectivity index (χ0v) is 15.0. The molecule has 0 bridgehead atoms. The fraction of sp³-hybridized carbons (Fsp3) is 0.389. The summed E-state index contributed by atoms with van der Waals surface area (Å²) < 4.78 is 11.1. The van der Waals surface area contributed by atoms with Crippen molar-refractivity contribution in [3.8, 4) is 5.75 Å². The quantitative estimate of drug-likeness (QED) is 0.606. The largest absolute Gasteiger partial charge is 0.489 e. The number of benzene rings is 1. The second kappa shape index (κ2) is 7.28. The summed E-state index contributed by atoms with van der Waals surface area (Å²) in [5.74, 6) is 1.05. The Labute approximate surface area is 156 Å². The van der Waals surface area contributed by atoms with Crippen LogP contribution >= 0.6 is 0 Å². The van der Waals surface area contributed by atoms with Gasteiger partial charge in [-0.15, -0.1) is 0 Å². The van der Waals surface area contributed by atoms with E-state index < -0.39 is 5.91 Å². The van der Waals surface area contributed by atoms with E-state index in [1.807, 2.05) is 18.2 Å². The maximum absolute atomic E-state index is 11.6. The first kappa shape index (κ1) is 17.3. The molecule has 2 aromatic rings. The number of nitrogens with two attached hydrogens (primary N) is 1. The van der Waals surface area contributed by atoms with Crippen LogP contribution in [0.25, 0.3) is 0 Å². The van der Waals surface area contributed by atoms with Gasteiger partial charge in [0, 0.05) is 31.6 Å². The van der Waals surface area contributed by atoms with Crippen molar-refractivity contribution in [3.63, 3.8) is 0 Å². The van der Waals surface area contributed by atoms with Gasteiger partial charge < -0.3 is 31.2 Å². The third kappa shape index (κ3) is 4.03. The number of methoxy groups -OCH3 is 1. The lowest BCUT2D eigenvalue weighted by molar-refractivity contribution is 0.0709. The van der Waals surface area contributed by atoms with E-state index in [9.17, 15) is 4.79 Å². The van der Waals surface area contributed by atoms with E-state index in [1.54, 1.807) is 7.11 Å². The van der Waals surface area contributed by atoms with Gasteiger partial charge in [0.05, 0.1) is 11.3 Å². The van der Waals surface area contributed by atoms with E-state index in [0.717, 1.165) is 30.0 Å². The Hall–Kier alpha value is -3.07. The van der Waals surface area contributed by atoms with E-state index in [4.69, 9.17) is 15.2 Å². The Morgan fingerprint density at radius 3 is 3.00 bits per heavy atom. The van der Waals surface area contributed by atoms with Gasteiger partial charge >= 0.3 is 0 Å². The van der Waals surface area contributed by atoms with Crippen LogP contribution in [-0.4, -0.2) is 48.3 Å². The number of anilines is 4. The van der Waals surface area contributed by atoms with E-state index in [1.165, 1.54) is 6.20 Å². The van der Waals surface area contributed by atoms with Crippen LogP contribution in [0, 0.1) is 0 Å². The second-order valence-corrected chi connectivity index (χ2v) is 6.62. The Morgan fingerprint density at radius 1 is 1.41 bits per heavy atom. The average molecular weight is 370 g/mol. The summed E-state index contributed by atoms with van der Waals surface area (Å²) in [6.45, 7) is 1.16. The molecule has 2 aliphatic rings. The second-order valence-electron chi connectivity index (χ2n) is 6.62. The van der Waals surface area contributed by atoms with Crippen molar-refractivity contribution in [2.75, 3.05) is 36.2 Å². The van der Waals surface area contributed by atoms with Crippen molar-refractivity contribution in [2.24, 2.45) is 5.73 Å². The Bertz CT molecular complexity index is 855. The maximum Gasteiger partial charge on any atom is 0.254 e. The molecule has 1 aromatic heterocycles. The molecule has 0 spiro atoms. The monoisotopic (exact) mass is 370 g/mol. The molecule has 1 atom stereocenters. The van der Waals surface area contributed by atoms with Crippen molar-refractivity contribution in [1.29, 1.82) is 0 Å². The smallest absolute Gasteiger partial charge is 0.254 e. The third-order valence-electron chi connectivity index (χ3n) is 4.49. The maximum atomic E-state index is 11.6. The molecule has 2 heterocycles. The Kier molecular flexibility index (Phi) is 4.68. The Balaban J connectivity index is 1.54. The molecule has 4 rings (SSSR count). The van der Waals surface area contributed by atoms with Gasteiger partial charge in [0.15, 0.2) is 0 Å². The number of carbonyl (C=O) groups excluding carboxylic acids is 1. The van der Waals surface area contributed by atoms with E-state index in [0.29, 0.717) is 31.0 Å². The number of ether oxygens (including phenoxy) is 2.